The van der Waals surface area contributed by atoms with Gasteiger partial charge in [-0.05, 0) is 112 Å². The van der Waals surface area contributed by atoms with Crippen LogP contribution >= 0.6 is 11.3 Å². The molecule has 0 aliphatic rings. The van der Waals surface area contributed by atoms with Gasteiger partial charge in [-0.25, -0.2) is 0 Å². The minimum absolute atomic E-state index is 1.16. The van der Waals surface area contributed by atoms with Crippen LogP contribution in [0, 0.1) is 0 Å². The van der Waals surface area contributed by atoms with Crippen molar-refractivity contribution < 1.29 is 0 Å². The quantitative estimate of drug-likeness (QED) is 0.158. The lowest BCUT2D eigenvalue weighted by molar-refractivity contribution is 1.18. The molecule has 13 aromatic rings. The highest BCUT2D eigenvalue weighted by atomic mass is 32.1. The summed E-state index contributed by atoms with van der Waals surface area (Å²) in [4.78, 5) is 0. The van der Waals surface area contributed by atoms with Gasteiger partial charge in [0.1, 0.15) is 0 Å². The molecule has 294 valence electrons. The van der Waals surface area contributed by atoms with Crippen molar-refractivity contribution in [3.05, 3.63) is 231 Å². The largest absolute Gasteiger partial charge is 0.309 e. The van der Waals surface area contributed by atoms with Crippen molar-refractivity contribution in [3.8, 4) is 55.9 Å². The fourth-order valence-corrected chi connectivity index (χ4v) is 11.1. The molecule has 3 heterocycles. The zero-order chi connectivity index (χ0) is 41.4. The summed E-state index contributed by atoms with van der Waals surface area (Å²) in [6, 6.07) is 84.7. The molecule has 3 aromatic heterocycles. The fraction of sp³-hybridized carbons (Fsp3) is 0. The summed E-state index contributed by atoms with van der Waals surface area (Å²) in [5.41, 5.74) is 16.9. The van der Waals surface area contributed by atoms with Crippen LogP contribution in [0.1, 0.15) is 0 Å². The van der Waals surface area contributed by atoms with E-state index in [0.29, 0.717) is 0 Å². The number of aromatic nitrogens is 2. The Labute approximate surface area is 368 Å². The van der Waals surface area contributed by atoms with Gasteiger partial charge >= 0.3 is 0 Å². The predicted octanol–water partition coefficient (Wildman–Crippen LogP) is 16.9. The Kier molecular flexibility index (Phi) is 8.12. The fourth-order valence-electron chi connectivity index (χ4n) is 9.93. The first-order valence-corrected chi connectivity index (χ1v) is 22.4. The molecule has 3 heteroatoms. The lowest BCUT2D eigenvalue weighted by atomic mass is 9.98. The van der Waals surface area contributed by atoms with E-state index in [4.69, 9.17) is 0 Å². The van der Waals surface area contributed by atoms with Crippen LogP contribution in [-0.2, 0) is 0 Å². The second-order valence-corrected chi connectivity index (χ2v) is 17.5. The molecule has 0 aliphatic carbocycles. The third kappa shape index (κ3) is 5.78. The SMILES string of the molecule is c1ccc(-c2ccc(-c3cc(-n4c5ccccc5c5cc(-c6ccc7c(c6)c6cc(-c8ccccc8)ccc6n7-c6ccccc6)ccc54)cc4c3sc3ccccc34)cc2)cc1. The van der Waals surface area contributed by atoms with Gasteiger partial charge in [-0.15, -0.1) is 11.3 Å². The first kappa shape index (κ1) is 35.7. The van der Waals surface area contributed by atoms with Crippen molar-refractivity contribution >= 4 is 75.1 Å². The molecule has 63 heavy (non-hydrogen) atoms. The summed E-state index contributed by atoms with van der Waals surface area (Å²) in [5.74, 6) is 0. The third-order valence-electron chi connectivity index (χ3n) is 12.9. The number of fused-ring (bicyclic) bond motifs is 9. The molecule has 0 saturated carbocycles. The van der Waals surface area contributed by atoms with Crippen LogP contribution in [0.3, 0.4) is 0 Å². The number of para-hydroxylation sites is 2. The van der Waals surface area contributed by atoms with Gasteiger partial charge in [0.2, 0.25) is 0 Å². The minimum atomic E-state index is 1.16. The Morgan fingerprint density at radius 1 is 0.254 bits per heavy atom. The summed E-state index contributed by atoms with van der Waals surface area (Å²) >= 11 is 1.89. The molecule has 0 radical (unpaired) electrons. The number of benzene rings is 10. The maximum absolute atomic E-state index is 2.48. The third-order valence-corrected chi connectivity index (χ3v) is 14.1. The molecular weight excluding hydrogens is 781 g/mol. The van der Waals surface area contributed by atoms with E-state index in [1.54, 1.807) is 0 Å². The minimum Gasteiger partial charge on any atom is -0.309 e. The number of hydrogen-bond donors (Lipinski definition) is 0. The van der Waals surface area contributed by atoms with Crippen LogP contribution in [0.5, 0.6) is 0 Å². The van der Waals surface area contributed by atoms with E-state index in [1.165, 1.54) is 108 Å². The van der Waals surface area contributed by atoms with Crippen molar-refractivity contribution in [2.45, 2.75) is 0 Å². The van der Waals surface area contributed by atoms with E-state index in [0.717, 1.165) is 11.4 Å². The number of hydrogen-bond acceptors (Lipinski definition) is 1. The lowest BCUT2D eigenvalue weighted by Crippen LogP contribution is -1.95. The lowest BCUT2D eigenvalue weighted by Gasteiger charge is -2.13. The molecule has 0 fully saturated rings. The molecule has 0 bridgehead atoms. The zero-order valence-corrected chi connectivity index (χ0v) is 35.1. The summed E-state index contributed by atoms with van der Waals surface area (Å²) in [7, 11) is 0. The Bertz CT molecular complexity index is 3870. The van der Waals surface area contributed by atoms with E-state index in [-0.39, 0.29) is 0 Å². The standard InChI is InChI=1S/C60H38N2S/c1-4-14-39(15-5-1)41-24-26-42(27-25-41)50-37-47(38-54-49-21-11-13-23-59(49)63-60(50)54)62-55-22-12-10-20-48(55)51-35-44(29-32-56(51)62)45-30-33-58-53(36-45)52-34-43(40-16-6-2-7-17-40)28-31-57(52)61(58)46-18-8-3-9-19-46/h1-38H. The maximum atomic E-state index is 2.48. The van der Waals surface area contributed by atoms with E-state index in [2.05, 4.69) is 240 Å². The molecule has 10 aromatic carbocycles. The number of nitrogens with zero attached hydrogens (tertiary/aromatic N) is 2. The van der Waals surface area contributed by atoms with Crippen LogP contribution in [0.4, 0.5) is 0 Å². The molecule has 0 aliphatic heterocycles. The molecule has 2 nitrogen and oxygen atoms in total. The second kappa shape index (κ2) is 14.3. The van der Waals surface area contributed by atoms with Crippen LogP contribution in [-0.4, -0.2) is 9.13 Å². The highest BCUT2D eigenvalue weighted by molar-refractivity contribution is 7.26. The summed E-state index contributed by atoms with van der Waals surface area (Å²) in [6.45, 7) is 0. The van der Waals surface area contributed by atoms with E-state index < -0.39 is 0 Å². The van der Waals surface area contributed by atoms with Gasteiger partial charge in [0, 0.05) is 58.7 Å². The van der Waals surface area contributed by atoms with Crippen LogP contribution < -0.4 is 0 Å². The molecule has 0 atom stereocenters. The Hall–Kier alpha value is -7.98. The highest BCUT2D eigenvalue weighted by Crippen LogP contribution is 2.44. The van der Waals surface area contributed by atoms with E-state index in [9.17, 15) is 0 Å². The summed E-state index contributed by atoms with van der Waals surface area (Å²) < 4.78 is 7.50. The van der Waals surface area contributed by atoms with Crippen molar-refractivity contribution in [2.75, 3.05) is 0 Å². The molecule has 0 N–H and O–H groups in total. The van der Waals surface area contributed by atoms with Gasteiger partial charge in [-0.1, -0.05) is 158 Å². The van der Waals surface area contributed by atoms with Gasteiger partial charge in [-0.2, -0.15) is 0 Å². The average molecular weight is 819 g/mol. The predicted molar refractivity (Wildman–Crippen MR) is 270 cm³/mol. The molecule has 0 spiro atoms. The Balaban J connectivity index is 0.994. The van der Waals surface area contributed by atoms with Gasteiger partial charge in [0.25, 0.3) is 0 Å². The van der Waals surface area contributed by atoms with Crippen molar-refractivity contribution in [2.24, 2.45) is 0 Å². The molecule has 0 unspecified atom stereocenters. The summed E-state index contributed by atoms with van der Waals surface area (Å²) in [6.07, 6.45) is 0. The zero-order valence-electron chi connectivity index (χ0n) is 34.2. The van der Waals surface area contributed by atoms with Gasteiger partial charge in [0.15, 0.2) is 0 Å². The van der Waals surface area contributed by atoms with Crippen molar-refractivity contribution in [3.63, 3.8) is 0 Å². The van der Waals surface area contributed by atoms with E-state index >= 15 is 0 Å². The van der Waals surface area contributed by atoms with E-state index in [1.807, 2.05) is 11.3 Å². The average Bonchev–Trinajstić information content (AvgIpc) is 4.01. The summed E-state index contributed by atoms with van der Waals surface area (Å²) in [5, 5.41) is 7.56. The first-order valence-electron chi connectivity index (χ1n) is 21.6. The van der Waals surface area contributed by atoms with Crippen molar-refractivity contribution in [1.82, 2.24) is 9.13 Å². The first-order chi connectivity index (χ1) is 31.2. The number of rotatable bonds is 6. The van der Waals surface area contributed by atoms with Crippen LogP contribution in [0.25, 0.3) is 120 Å². The number of thiophene rings is 1. The van der Waals surface area contributed by atoms with Crippen LogP contribution in [0.15, 0.2) is 231 Å². The second-order valence-electron chi connectivity index (χ2n) is 16.5. The topological polar surface area (TPSA) is 9.86 Å². The Morgan fingerprint density at radius 3 is 1.32 bits per heavy atom. The normalized spacial score (nSPS) is 11.8. The van der Waals surface area contributed by atoms with Crippen LogP contribution in [0.2, 0.25) is 0 Å². The maximum Gasteiger partial charge on any atom is 0.0541 e. The smallest absolute Gasteiger partial charge is 0.0541 e. The molecule has 13 rings (SSSR count). The van der Waals surface area contributed by atoms with Crippen molar-refractivity contribution in [1.29, 1.82) is 0 Å². The monoisotopic (exact) mass is 818 g/mol. The molecular formula is C60H38N2S. The van der Waals surface area contributed by atoms with Gasteiger partial charge in [-0.3, -0.25) is 0 Å². The molecule has 0 saturated heterocycles. The van der Waals surface area contributed by atoms with Gasteiger partial charge in [0.05, 0.1) is 22.1 Å². The molecule has 0 amide bonds. The Morgan fingerprint density at radius 2 is 0.683 bits per heavy atom. The highest BCUT2D eigenvalue weighted by Gasteiger charge is 2.19. The van der Waals surface area contributed by atoms with Gasteiger partial charge < -0.3 is 9.13 Å².